The summed E-state index contributed by atoms with van der Waals surface area (Å²) >= 11 is 1.40. The number of hydrogen-bond acceptors (Lipinski definition) is 7. The van der Waals surface area contributed by atoms with E-state index in [1.807, 2.05) is 19.9 Å². The third-order valence-electron chi connectivity index (χ3n) is 4.95. The Morgan fingerprint density at radius 2 is 2.12 bits per heavy atom. The van der Waals surface area contributed by atoms with Crippen LogP contribution < -0.4 is 4.72 Å². The van der Waals surface area contributed by atoms with Crippen LogP contribution in [0.25, 0.3) is 10.6 Å². The van der Waals surface area contributed by atoms with E-state index in [4.69, 9.17) is 9.26 Å². The fraction of sp³-hybridized carbons (Fsp3) is 0.588. The van der Waals surface area contributed by atoms with E-state index in [-0.39, 0.29) is 12.1 Å². The van der Waals surface area contributed by atoms with Crippen LogP contribution in [0, 0.1) is 13.8 Å². The van der Waals surface area contributed by atoms with Crippen LogP contribution in [-0.4, -0.2) is 56.4 Å². The Bertz CT molecular complexity index is 905. The zero-order valence-electron chi connectivity index (χ0n) is 15.1. The summed E-state index contributed by atoms with van der Waals surface area (Å²) in [4.78, 5) is 4.16. The van der Waals surface area contributed by atoms with Crippen LogP contribution in [0.15, 0.2) is 21.6 Å². The minimum atomic E-state index is -3.58. The van der Waals surface area contributed by atoms with Gasteiger partial charge in [0.2, 0.25) is 10.0 Å². The lowest BCUT2D eigenvalue weighted by atomic mass is 10.2. The standard InChI is InChI=1S/C17H23N3O4S2/c1-10-4-15(24-18-10)16-6-17(12(3)25-16)26(21,22)19-13-5-14-9-23-11(2)7-20(14)8-13/h4,6,11,13-14,19H,5,7-9H2,1-3H3/t11-,13+,14-/m0/s1. The number of morpholine rings is 1. The molecule has 2 aromatic heterocycles. The highest BCUT2D eigenvalue weighted by Gasteiger charge is 2.38. The van der Waals surface area contributed by atoms with Crippen molar-refractivity contribution in [3.05, 3.63) is 22.7 Å². The molecule has 0 radical (unpaired) electrons. The Balaban J connectivity index is 1.51. The number of sulfonamides is 1. The number of nitrogens with one attached hydrogen (secondary N) is 1. The Hall–Kier alpha value is -1.26. The highest BCUT2D eigenvalue weighted by atomic mass is 32.2. The monoisotopic (exact) mass is 397 g/mol. The number of fused-ring (bicyclic) bond motifs is 1. The first-order chi connectivity index (χ1) is 12.3. The van der Waals surface area contributed by atoms with Crippen molar-refractivity contribution >= 4 is 21.4 Å². The molecule has 9 heteroatoms. The molecule has 2 fully saturated rings. The maximum Gasteiger partial charge on any atom is 0.241 e. The maximum absolute atomic E-state index is 12.9. The van der Waals surface area contributed by atoms with Crippen molar-refractivity contribution in [2.75, 3.05) is 19.7 Å². The molecule has 0 aromatic carbocycles. The summed E-state index contributed by atoms with van der Waals surface area (Å²) in [5.41, 5.74) is 0.771. The van der Waals surface area contributed by atoms with E-state index in [2.05, 4.69) is 21.7 Å². The summed E-state index contributed by atoms with van der Waals surface area (Å²) < 4.78 is 39.7. The van der Waals surface area contributed by atoms with E-state index in [0.717, 1.165) is 35.0 Å². The minimum Gasteiger partial charge on any atom is -0.376 e. The first-order valence-corrected chi connectivity index (χ1v) is 11.0. The predicted molar refractivity (Wildman–Crippen MR) is 98.8 cm³/mol. The SMILES string of the molecule is Cc1cc(-c2cc(S(=O)(=O)N[C@@H]3C[C@H]4CO[C@@H](C)CN4C3)c(C)s2)on1. The van der Waals surface area contributed by atoms with Gasteiger partial charge in [0, 0.05) is 36.1 Å². The molecule has 0 unspecified atom stereocenters. The van der Waals surface area contributed by atoms with E-state index < -0.39 is 10.0 Å². The molecular formula is C17H23N3O4S2. The molecule has 0 amide bonds. The Morgan fingerprint density at radius 1 is 1.31 bits per heavy atom. The molecule has 1 N–H and O–H groups in total. The fourth-order valence-corrected chi connectivity index (χ4v) is 6.52. The van der Waals surface area contributed by atoms with E-state index in [1.54, 1.807) is 6.07 Å². The van der Waals surface area contributed by atoms with E-state index in [1.165, 1.54) is 11.3 Å². The molecule has 26 heavy (non-hydrogen) atoms. The molecule has 7 nitrogen and oxygen atoms in total. The van der Waals surface area contributed by atoms with Crippen molar-refractivity contribution in [2.24, 2.45) is 0 Å². The summed E-state index contributed by atoms with van der Waals surface area (Å²) in [6.45, 7) is 7.97. The highest BCUT2D eigenvalue weighted by molar-refractivity contribution is 7.89. The molecule has 0 saturated carbocycles. The zero-order valence-corrected chi connectivity index (χ0v) is 16.7. The quantitative estimate of drug-likeness (QED) is 0.851. The van der Waals surface area contributed by atoms with Crippen LogP contribution in [0.3, 0.4) is 0 Å². The van der Waals surface area contributed by atoms with Crippen LogP contribution >= 0.6 is 11.3 Å². The van der Waals surface area contributed by atoms with Gasteiger partial charge in [0.1, 0.15) is 0 Å². The van der Waals surface area contributed by atoms with Gasteiger partial charge < -0.3 is 9.26 Å². The van der Waals surface area contributed by atoms with Crippen molar-refractivity contribution in [1.82, 2.24) is 14.8 Å². The van der Waals surface area contributed by atoms with Gasteiger partial charge in [-0.25, -0.2) is 13.1 Å². The first-order valence-electron chi connectivity index (χ1n) is 8.74. The minimum absolute atomic E-state index is 0.0887. The lowest BCUT2D eigenvalue weighted by Gasteiger charge is -2.33. The van der Waals surface area contributed by atoms with Crippen molar-refractivity contribution in [3.8, 4) is 10.6 Å². The van der Waals surface area contributed by atoms with E-state index in [0.29, 0.717) is 23.3 Å². The summed E-state index contributed by atoms with van der Waals surface area (Å²) in [6, 6.07) is 3.70. The van der Waals surface area contributed by atoms with Gasteiger partial charge in [-0.1, -0.05) is 5.16 Å². The molecule has 4 rings (SSSR count). The fourth-order valence-electron chi connectivity index (χ4n) is 3.74. The molecule has 2 aliphatic heterocycles. The van der Waals surface area contributed by atoms with Crippen LogP contribution in [-0.2, 0) is 14.8 Å². The van der Waals surface area contributed by atoms with Gasteiger partial charge in [0.05, 0.1) is 28.2 Å². The molecule has 0 aliphatic carbocycles. The van der Waals surface area contributed by atoms with Crippen molar-refractivity contribution in [1.29, 1.82) is 0 Å². The Morgan fingerprint density at radius 3 is 2.85 bits per heavy atom. The summed E-state index contributed by atoms with van der Waals surface area (Å²) in [7, 11) is -3.58. The molecule has 2 aromatic rings. The second-order valence-electron chi connectivity index (χ2n) is 7.17. The van der Waals surface area contributed by atoms with Crippen molar-refractivity contribution in [2.45, 2.75) is 50.3 Å². The highest BCUT2D eigenvalue weighted by Crippen LogP contribution is 2.34. The number of nitrogens with zero attached hydrogens (tertiary/aromatic N) is 2. The van der Waals surface area contributed by atoms with Gasteiger partial charge >= 0.3 is 0 Å². The number of rotatable bonds is 4. The maximum atomic E-state index is 12.9. The van der Waals surface area contributed by atoms with Crippen molar-refractivity contribution in [3.63, 3.8) is 0 Å². The summed E-state index contributed by atoms with van der Waals surface area (Å²) in [5, 5.41) is 3.87. The van der Waals surface area contributed by atoms with E-state index >= 15 is 0 Å². The number of hydrogen-bond donors (Lipinski definition) is 1. The Kier molecular flexibility index (Phi) is 4.68. The van der Waals surface area contributed by atoms with Crippen LogP contribution in [0.1, 0.15) is 23.9 Å². The predicted octanol–water partition coefficient (Wildman–Crippen LogP) is 2.16. The lowest BCUT2D eigenvalue weighted by Crippen LogP contribution is -2.45. The largest absolute Gasteiger partial charge is 0.376 e. The summed E-state index contributed by atoms with van der Waals surface area (Å²) in [5.74, 6) is 0.598. The van der Waals surface area contributed by atoms with Crippen LogP contribution in [0.2, 0.25) is 0 Å². The smallest absolute Gasteiger partial charge is 0.241 e. The number of thiophene rings is 1. The van der Waals surface area contributed by atoms with Crippen molar-refractivity contribution < 1.29 is 17.7 Å². The lowest BCUT2D eigenvalue weighted by molar-refractivity contribution is -0.0390. The Labute approximate surface area is 157 Å². The van der Waals surface area contributed by atoms with Gasteiger partial charge in [-0.2, -0.15) is 0 Å². The molecule has 3 atom stereocenters. The molecule has 2 aliphatic rings. The van der Waals surface area contributed by atoms with Gasteiger partial charge in [0.15, 0.2) is 5.76 Å². The van der Waals surface area contributed by atoms with Gasteiger partial charge in [-0.15, -0.1) is 11.3 Å². The first kappa shape index (κ1) is 18.1. The van der Waals surface area contributed by atoms with Gasteiger partial charge in [0.25, 0.3) is 0 Å². The number of aryl methyl sites for hydroxylation is 2. The van der Waals surface area contributed by atoms with E-state index in [9.17, 15) is 8.42 Å². The summed E-state index contributed by atoms with van der Waals surface area (Å²) in [6.07, 6.45) is 0.983. The second-order valence-corrected chi connectivity index (χ2v) is 10.1. The topological polar surface area (TPSA) is 84.7 Å². The van der Waals surface area contributed by atoms with Gasteiger partial charge in [-0.3, -0.25) is 4.90 Å². The molecule has 4 heterocycles. The number of ether oxygens (including phenoxy) is 1. The average Bonchev–Trinajstić information content (AvgIpc) is 3.24. The van der Waals surface area contributed by atoms with Gasteiger partial charge in [-0.05, 0) is 33.3 Å². The molecule has 142 valence electrons. The third-order valence-corrected chi connectivity index (χ3v) is 7.79. The molecule has 2 saturated heterocycles. The molecule has 0 spiro atoms. The average molecular weight is 398 g/mol. The molecule has 0 bridgehead atoms. The molecular weight excluding hydrogens is 374 g/mol. The second kappa shape index (κ2) is 6.72. The normalized spacial score (nSPS) is 27.0. The van der Waals surface area contributed by atoms with Crippen LogP contribution in [0.5, 0.6) is 0 Å². The third kappa shape index (κ3) is 3.46. The zero-order chi connectivity index (χ0) is 18.5. The van der Waals surface area contributed by atoms with Crippen LogP contribution in [0.4, 0.5) is 0 Å². The number of aromatic nitrogens is 1.